The van der Waals surface area contributed by atoms with Gasteiger partial charge in [-0.25, -0.2) is 8.78 Å². The lowest BCUT2D eigenvalue weighted by molar-refractivity contribution is -0.144. The van der Waals surface area contributed by atoms with Crippen molar-refractivity contribution in [1.82, 2.24) is 4.98 Å². The minimum absolute atomic E-state index is 0.0416. The summed E-state index contributed by atoms with van der Waals surface area (Å²) in [5.74, 6) is -0.967. The van der Waals surface area contributed by atoms with Gasteiger partial charge < -0.3 is 10.5 Å². The Hall–Kier alpha value is -1.77. The van der Waals surface area contributed by atoms with Gasteiger partial charge >= 0.3 is 12.1 Å². The summed E-state index contributed by atoms with van der Waals surface area (Å²) in [5.41, 5.74) is 1.49. The summed E-state index contributed by atoms with van der Waals surface area (Å²) in [4.78, 5) is 14.9. The van der Waals surface area contributed by atoms with Crippen molar-refractivity contribution in [3.05, 3.63) is 28.6 Å². The topological polar surface area (TPSA) is 65.2 Å². The molecule has 0 aliphatic rings. The summed E-state index contributed by atoms with van der Waals surface area (Å²) >= 11 is 0. The molecule has 0 fully saturated rings. The normalized spacial score (nSPS) is 11.8. The number of hydrogen-bond donors (Lipinski definition) is 1. The number of hydrogen-bond acceptors (Lipinski definition) is 4. The van der Waals surface area contributed by atoms with Crippen LogP contribution in [0.5, 0.6) is 0 Å². The third-order valence-corrected chi connectivity index (χ3v) is 2.64. The number of ether oxygens (including phenoxy) is 1. The van der Waals surface area contributed by atoms with Gasteiger partial charge in [-0.15, -0.1) is 0 Å². The summed E-state index contributed by atoms with van der Waals surface area (Å²) in [6.45, 7) is 1.02. The molecule has 1 aromatic rings. The van der Waals surface area contributed by atoms with Crippen LogP contribution in [0, 0.1) is 0 Å². The molecule has 21 heavy (non-hydrogen) atoms. The zero-order valence-electron chi connectivity index (χ0n) is 11.0. The average molecular weight is 312 g/mol. The molecule has 4 nitrogen and oxygen atoms in total. The number of esters is 1. The molecule has 0 amide bonds. The molecule has 0 atom stereocenters. The number of halogens is 5. The molecule has 0 unspecified atom stereocenters. The quantitative estimate of drug-likeness (QED) is 0.670. The molecule has 0 aromatic carbocycles. The monoisotopic (exact) mass is 312 g/mol. The summed E-state index contributed by atoms with van der Waals surface area (Å²) in [6.07, 6.45) is -8.81. The van der Waals surface area contributed by atoms with E-state index in [0.29, 0.717) is 6.20 Å². The van der Waals surface area contributed by atoms with Gasteiger partial charge in [-0.2, -0.15) is 13.2 Å². The standard InChI is InChI=1S/C12H13F5N2O2/c1-2-21-9(20)3-6-8(4-18)19-5-7(11(13)14)10(6)12(15,16)17/h5,11H,2-4,18H2,1H3. The Kier molecular flexibility index (Phi) is 5.59. The second-order valence-corrected chi connectivity index (χ2v) is 4.00. The number of aromatic nitrogens is 1. The van der Waals surface area contributed by atoms with Gasteiger partial charge in [-0.1, -0.05) is 0 Å². The Labute approximate surface area is 117 Å². The molecule has 0 aliphatic carbocycles. The van der Waals surface area contributed by atoms with E-state index in [-0.39, 0.29) is 12.3 Å². The Morgan fingerprint density at radius 1 is 1.43 bits per heavy atom. The Balaban J connectivity index is 3.48. The first-order valence-electron chi connectivity index (χ1n) is 5.94. The fourth-order valence-corrected chi connectivity index (χ4v) is 1.83. The minimum atomic E-state index is -5.06. The predicted molar refractivity (Wildman–Crippen MR) is 62.4 cm³/mol. The first-order valence-corrected chi connectivity index (χ1v) is 5.94. The highest BCUT2D eigenvalue weighted by molar-refractivity contribution is 5.73. The third kappa shape index (κ3) is 4.10. The number of rotatable bonds is 5. The van der Waals surface area contributed by atoms with E-state index >= 15 is 0 Å². The van der Waals surface area contributed by atoms with E-state index in [2.05, 4.69) is 9.72 Å². The molecule has 0 bridgehead atoms. The molecule has 0 spiro atoms. The number of carbonyl (C=O) groups is 1. The van der Waals surface area contributed by atoms with Crippen LogP contribution in [0.1, 0.15) is 35.7 Å². The summed E-state index contributed by atoms with van der Waals surface area (Å²) < 4.78 is 69.3. The van der Waals surface area contributed by atoms with Crippen molar-refractivity contribution in [2.24, 2.45) is 5.73 Å². The first-order chi connectivity index (χ1) is 9.72. The fraction of sp³-hybridized carbons (Fsp3) is 0.500. The first kappa shape index (κ1) is 17.3. The van der Waals surface area contributed by atoms with E-state index in [4.69, 9.17) is 5.73 Å². The van der Waals surface area contributed by atoms with Crippen LogP contribution in [0.25, 0.3) is 0 Å². The Morgan fingerprint density at radius 3 is 2.48 bits per heavy atom. The number of carbonyl (C=O) groups excluding carboxylic acids is 1. The molecular weight excluding hydrogens is 299 g/mol. The van der Waals surface area contributed by atoms with Crippen LogP contribution >= 0.6 is 0 Å². The van der Waals surface area contributed by atoms with Crippen molar-refractivity contribution in [2.75, 3.05) is 6.61 Å². The molecule has 9 heteroatoms. The highest BCUT2D eigenvalue weighted by atomic mass is 19.4. The van der Waals surface area contributed by atoms with E-state index in [9.17, 15) is 26.7 Å². The van der Waals surface area contributed by atoms with Crippen molar-refractivity contribution in [3.63, 3.8) is 0 Å². The van der Waals surface area contributed by atoms with Gasteiger partial charge in [0.05, 0.1) is 24.3 Å². The van der Waals surface area contributed by atoms with Gasteiger partial charge in [0, 0.05) is 18.3 Å². The molecular formula is C12H13F5N2O2. The zero-order valence-corrected chi connectivity index (χ0v) is 11.0. The third-order valence-electron chi connectivity index (χ3n) is 2.64. The highest BCUT2D eigenvalue weighted by Crippen LogP contribution is 2.39. The van der Waals surface area contributed by atoms with Crippen LogP contribution in [0.4, 0.5) is 22.0 Å². The maximum Gasteiger partial charge on any atom is 0.417 e. The molecule has 2 N–H and O–H groups in total. The van der Waals surface area contributed by atoms with Crippen molar-refractivity contribution in [1.29, 1.82) is 0 Å². The zero-order chi connectivity index (χ0) is 16.2. The Bertz CT molecular complexity index is 517. The van der Waals surface area contributed by atoms with E-state index in [1.807, 2.05) is 0 Å². The lowest BCUT2D eigenvalue weighted by Crippen LogP contribution is -2.21. The summed E-state index contributed by atoms with van der Waals surface area (Å²) in [5, 5.41) is 0. The van der Waals surface area contributed by atoms with Gasteiger partial charge in [-0.05, 0) is 12.5 Å². The average Bonchev–Trinajstić information content (AvgIpc) is 2.36. The van der Waals surface area contributed by atoms with E-state index in [1.165, 1.54) is 6.92 Å². The van der Waals surface area contributed by atoms with Crippen molar-refractivity contribution in [3.8, 4) is 0 Å². The number of alkyl halides is 5. The summed E-state index contributed by atoms with van der Waals surface area (Å²) in [6, 6.07) is 0. The number of pyridine rings is 1. The molecule has 1 heterocycles. The van der Waals surface area contributed by atoms with Gasteiger partial charge in [0.1, 0.15) is 0 Å². The Morgan fingerprint density at radius 2 is 2.05 bits per heavy atom. The number of nitrogens with two attached hydrogens (primary N) is 1. The molecule has 0 radical (unpaired) electrons. The maximum atomic E-state index is 13.1. The van der Waals surface area contributed by atoms with Crippen LogP contribution in [0.15, 0.2) is 6.20 Å². The lowest BCUT2D eigenvalue weighted by atomic mass is 9.98. The van der Waals surface area contributed by atoms with Crippen LogP contribution < -0.4 is 5.73 Å². The van der Waals surface area contributed by atoms with E-state index in [1.54, 1.807) is 0 Å². The highest BCUT2D eigenvalue weighted by Gasteiger charge is 2.40. The molecule has 1 aromatic heterocycles. The maximum absolute atomic E-state index is 13.1. The van der Waals surface area contributed by atoms with Gasteiger partial charge in [-0.3, -0.25) is 9.78 Å². The van der Waals surface area contributed by atoms with Crippen molar-refractivity contribution >= 4 is 5.97 Å². The molecule has 0 aliphatic heterocycles. The van der Waals surface area contributed by atoms with E-state index in [0.717, 1.165) is 0 Å². The van der Waals surface area contributed by atoms with Crippen LogP contribution in [0.2, 0.25) is 0 Å². The van der Waals surface area contributed by atoms with Crippen LogP contribution in [-0.2, 0) is 28.7 Å². The molecule has 118 valence electrons. The number of nitrogens with zero attached hydrogens (tertiary/aromatic N) is 1. The van der Waals surface area contributed by atoms with E-state index < -0.39 is 48.2 Å². The molecule has 1 rings (SSSR count). The predicted octanol–water partition coefficient (Wildman–Crippen LogP) is 2.60. The van der Waals surface area contributed by atoms with Gasteiger partial charge in [0.2, 0.25) is 0 Å². The SMILES string of the molecule is CCOC(=O)Cc1c(CN)ncc(C(F)F)c1C(F)(F)F. The summed E-state index contributed by atoms with van der Waals surface area (Å²) in [7, 11) is 0. The largest absolute Gasteiger partial charge is 0.466 e. The fourth-order valence-electron chi connectivity index (χ4n) is 1.83. The van der Waals surface area contributed by atoms with Crippen molar-refractivity contribution in [2.45, 2.75) is 32.5 Å². The second kappa shape index (κ2) is 6.79. The van der Waals surface area contributed by atoms with Crippen LogP contribution in [0.3, 0.4) is 0 Å². The van der Waals surface area contributed by atoms with Gasteiger partial charge in [0.15, 0.2) is 0 Å². The smallest absolute Gasteiger partial charge is 0.417 e. The molecule has 0 saturated heterocycles. The van der Waals surface area contributed by atoms with Crippen LogP contribution in [-0.4, -0.2) is 17.6 Å². The minimum Gasteiger partial charge on any atom is -0.466 e. The second-order valence-electron chi connectivity index (χ2n) is 4.00. The molecule has 0 saturated carbocycles. The van der Waals surface area contributed by atoms with Crippen molar-refractivity contribution < 1.29 is 31.5 Å². The lowest BCUT2D eigenvalue weighted by Gasteiger charge is -2.18. The van der Waals surface area contributed by atoms with Gasteiger partial charge in [0.25, 0.3) is 6.43 Å².